The van der Waals surface area contributed by atoms with Gasteiger partial charge in [0.2, 0.25) is 0 Å². The summed E-state index contributed by atoms with van der Waals surface area (Å²) in [5.41, 5.74) is -1.95. The van der Waals surface area contributed by atoms with Gasteiger partial charge in [0.25, 0.3) is 0 Å². The van der Waals surface area contributed by atoms with Gasteiger partial charge in [-0.15, -0.1) is 0 Å². The molecule has 1 aliphatic rings. The maximum atomic E-state index is 14.1. The Hall–Kier alpha value is -1.74. The molecular formula is C13H5BrF6N2. The molecule has 2 nitrogen and oxygen atoms in total. The number of rotatable bonds is 1. The van der Waals surface area contributed by atoms with Crippen LogP contribution in [0.15, 0.2) is 4.47 Å². The van der Waals surface area contributed by atoms with Gasteiger partial charge in [0.15, 0.2) is 29.1 Å². The molecule has 0 aromatic heterocycles. The number of benzene rings is 2. The van der Waals surface area contributed by atoms with E-state index in [4.69, 9.17) is 5.84 Å². The van der Waals surface area contributed by atoms with Gasteiger partial charge in [-0.2, -0.15) is 0 Å². The van der Waals surface area contributed by atoms with Crippen LogP contribution in [0.3, 0.4) is 0 Å². The Labute approximate surface area is 128 Å². The van der Waals surface area contributed by atoms with Crippen LogP contribution in [0, 0.1) is 34.9 Å². The van der Waals surface area contributed by atoms with E-state index >= 15 is 0 Å². The van der Waals surface area contributed by atoms with Crippen LogP contribution < -0.4 is 11.3 Å². The average molecular weight is 383 g/mol. The first-order valence-electron chi connectivity index (χ1n) is 5.82. The quantitative estimate of drug-likeness (QED) is 0.218. The van der Waals surface area contributed by atoms with Crippen molar-refractivity contribution in [3.63, 3.8) is 0 Å². The second kappa shape index (κ2) is 4.88. The van der Waals surface area contributed by atoms with Crippen LogP contribution in [-0.2, 0) is 6.42 Å². The Morgan fingerprint density at radius 1 is 0.727 bits per heavy atom. The zero-order chi connectivity index (χ0) is 16.3. The summed E-state index contributed by atoms with van der Waals surface area (Å²) in [5.74, 6) is -4.11. The van der Waals surface area contributed by atoms with Gasteiger partial charge in [0.05, 0.1) is 4.47 Å². The maximum absolute atomic E-state index is 14.1. The molecule has 0 bridgehead atoms. The molecule has 2 aromatic carbocycles. The van der Waals surface area contributed by atoms with Crippen molar-refractivity contribution in [1.82, 2.24) is 0 Å². The summed E-state index contributed by atoms with van der Waals surface area (Å²) < 4.78 is 82.9. The number of anilines is 1. The van der Waals surface area contributed by atoms with Crippen molar-refractivity contribution in [1.29, 1.82) is 0 Å². The fourth-order valence-corrected chi connectivity index (χ4v) is 2.96. The molecule has 0 aliphatic heterocycles. The monoisotopic (exact) mass is 382 g/mol. The fourth-order valence-electron chi connectivity index (χ4n) is 2.54. The highest BCUT2D eigenvalue weighted by atomic mass is 79.9. The number of hydrogen-bond acceptors (Lipinski definition) is 2. The van der Waals surface area contributed by atoms with Crippen LogP contribution in [-0.4, -0.2) is 0 Å². The van der Waals surface area contributed by atoms with E-state index in [0.717, 1.165) is 0 Å². The van der Waals surface area contributed by atoms with Gasteiger partial charge in [-0.3, -0.25) is 5.84 Å². The SMILES string of the molecule is NNc1c(F)c(F)c2c(c1F)Cc1c(F)c(Br)c(F)c(F)c1-2. The first-order chi connectivity index (χ1) is 10.3. The summed E-state index contributed by atoms with van der Waals surface area (Å²) in [5, 5.41) is 0. The molecule has 0 fully saturated rings. The first-order valence-corrected chi connectivity index (χ1v) is 6.61. The molecule has 116 valence electrons. The van der Waals surface area contributed by atoms with E-state index in [-0.39, 0.29) is 0 Å². The zero-order valence-electron chi connectivity index (χ0n) is 10.4. The molecule has 0 radical (unpaired) electrons. The molecule has 0 spiro atoms. The van der Waals surface area contributed by atoms with Crippen LogP contribution in [0.25, 0.3) is 11.1 Å². The van der Waals surface area contributed by atoms with Gasteiger partial charge in [0, 0.05) is 28.7 Å². The van der Waals surface area contributed by atoms with Crippen LogP contribution in [0.1, 0.15) is 11.1 Å². The molecule has 9 heteroatoms. The highest BCUT2D eigenvalue weighted by molar-refractivity contribution is 9.10. The Bertz CT molecular complexity index is 837. The van der Waals surface area contributed by atoms with E-state index in [1.54, 1.807) is 5.43 Å². The molecule has 1 aliphatic carbocycles. The third kappa shape index (κ3) is 1.72. The molecule has 2 aromatic rings. The van der Waals surface area contributed by atoms with Crippen molar-refractivity contribution in [3.8, 4) is 11.1 Å². The fraction of sp³-hybridized carbons (Fsp3) is 0.0769. The van der Waals surface area contributed by atoms with E-state index in [1.807, 2.05) is 0 Å². The predicted octanol–water partition coefficient (Wildman–Crippen LogP) is 4.14. The van der Waals surface area contributed by atoms with E-state index in [9.17, 15) is 26.3 Å². The Morgan fingerprint density at radius 2 is 1.23 bits per heavy atom. The average Bonchev–Trinajstić information content (AvgIpc) is 2.90. The third-order valence-corrected chi connectivity index (χ3v) is 4.23. The lowest BCUT2D eigenvalue weighted by Gasteiger charge is -2.11. The summed E-state index contributed by atoms with van der Waals surface area (Å²) >= 11 is 2.52. The summed E-state index contributed by atoms with van der Waals surface area (Å²) in [6.45, 7) is 0. The lowest BCUT2D eigenvalue weighted by atomic mass is 10.0. The van der Waals surface area contributed by atoms with Gasteiger partial charge >= 0.3 is 0 Å². The summed E-state index contributed by atoms with van der Waals surface area (Å²) in [7, 11) is 0. The minimum Gasteiger partial charge on any atom is -0.319 e. The largest absolute Gasteiger partial charge is 0.319 e. The molecule has 0 unspecified atom stereocenters. The molecular weight excluding hydrogens is 378 g/mol. The smallest absolute Gasteiger partial charge is 0.186 e. The van der Waals surface area contributed by atoms with E-state index in [1.165, 1.54) is 0 Å². The standard InChI is InChI=1S/C13H5BrF6N2/c14-6-7(15)2-1-3-5(4(2)9(17)11(6)19)10(18)12(20)13(22-21)8(3)16/h22H,1,21H2. The van der Waals surface area contributed by atoms with Gasteiger partial charge in [0.1, 0.15) is 11.5 Å². The lowest BCUT2D eigenvalue weighted by molar-refractivity contribution is 0.484. The molecule has 22 heavy (non-hydrogen) atoms. The normalized spacial score (nSPS) is 12.4. The number of fused-ring (bicyclic) bond motifs is 3. The topological polar surface area (TPSA) is 38.0 Å². The third-order valence-electron chi connectivity index (χ3n) is 3.53. The molecule has 0 atom stereocenters. The van der Waals surface area contributed by atoms with Crippen LogP contribution in [0.5, 0.6) is 0 Å². The molecule has 3 N–H and O–H groups in total. The van der Waals surface area contributed by atoms with E-state index in [2.05, 4.69) is 15.9 Å². The Kier molecular flexibility index (Phi) is 3.37. The van der Waals surface area contributed by atoms with Crippen molar-refractivity contribution in [2.45, 2.75) is 6.42 Å². The second-order valence-electron chi connectivity index (χ2n) is 4.60. The number of nitrogens with one attached hydrogen (secondary N) is 1. The lowest BCUT2D eigenvalue weighted by Crippen LogP contribution is -2.13. The number of halogens is 7. The molecule has 3 rings (SSSR count). The van der Waals surface area contributed by atoms with Gasteiger partial charge in [-0.1, -0.05) is 0 Å². The zero-order valence-corrected chi connectivity index (χ0v) is 12.0. The first kappa shape index (κ1) is 15.2. The van der Waals surface area contributed by atoms with Crippen LogP contribution in [0.4, 0.5) is 32.0 Å². The highest BCUT2D eigenvalue weighted by Crippen LogP contribution is 2.47. The molecule has 0 amide bonds. The van der Waals surface area contributed by atoms with Crippen molar-refractivity contribution in [3.05, 3.63) is 50.5 Å². The number of nitrogens with two attached hydrogens (primary N) is 1. The molecule has 0 heterocycles. The van der Waals surface area contributed by atoms with Gasteiger partial charge in [-0.25, -0.2) is 26.3 Å². The molecule has 0 saturated carbocycles. The van der Waals surface area contributed by atoms with Crippen molar-refractivity contribution in [2.75, 3.05) is 5.43 Å². The number of nitrogen functional groups attached to an aromatic ring is 1. The van der Waals surface area contributed by atoms with Gasteiger partial charge < -0.3 is 5.43 Å². The van der Waals surface area contributed by atoms with Crippen LogP contribution in [0.2, 0.25) is 0 Å². The Morgan fingerprint density at radius 3 is 1.77 bits per heavy atom. The number of hydrogen-bond donors (Lipinski definition) is 2. The summed E-state index contributed by atoms with van der Waals surface area (Å²) in [6.07, 6.45) is -0.565. The van der Waals surface area contributed by atoms with Crippen molar-refractivity contribution >= 4 is 21.6 Å². The predicted molar refractivity (Wildman–Crippen MR) is 69.9 cm³/mol. The van der Waals surface area contributed by atoms with E-state index in [0.29, 0.717) is 0 Å². The minimum atomic E-state index is -1.70. The van der Waals surface area contributed by atoms with Crippen molar-refractivity contribution in [2.24, 2.45) is 5.84 Å². The van der Waals surface area contributed by atoms with Gasteiger partial charge in [-0.05, 0) is 15.9 Å². The second-order valence-corrected chi connectivity index (χ2v) is 5.39. The maximum Gasteiger partial charge on any atom is 0.186 e. The number of hydrazine groups is 1. The molecule has 0 saturated heterocycles. The Balaban J connectivity index is 2.46. The minimum absolute atomic E-state index is 0.466. The van der Waals surface area contributed by atoms with E-state index < -0.39 is 73.7 Å². The van der Waals surface area contributed by atoms with Crippen LogP contribution >= 0.6 is 15.9 Å². The van der Waals surface area contributed by atoms with Crippen molar-refractivity contribution < 1.29 is 26.3 Å². The summed E-state index contributed by atoms with van der Waals surface area (Å²) in [6, 6.07) is 0. The highest BCUT2D eigenvalue weighted by Gasteiger charge is 2.37. The summed E-state index contributed by atoms with van der Waals surface area (Å²) in [4.78, 5) is 0.